The lowest BCUT2D eigenvalue weighted by Crippen LogP contribution is -2.07. The predicted octanol–water partition coefficient (Wildman–Crippen LogP) is 4.13. The molecule has 0 bridgehead atoms. The highest BCUT2D eigenvalue weighted by Crippen LogP contribution is 2.35. The monoisotopic (exact) mass is 358 g/mol. The first-order valence-electron chi connectivity index (χ1n) is 8.35. The van der Waals surface area contributed by atoms with Gasteiger partial charge in [-0.1, -0.05) is 0 Å². The molecule has 2 aromatic rings. The van der Waals surface area contributed by atoms with Gasteiger partial charge in [0.05, 0.1) is 12.3 Å². The summed E-state index contributed by atoms with van der Waals surface area (Å²) in [4.78, 5) is 17.6. The van der Waals surface area contributed by atoms with Crippen LogP contribution in [0.15, 0.2) is 18.2 Å². The van der Waals surface area contributed by atoms with Gasteiger partial charge in [0.15, 0.2) is 5.13 Å². The van der Waals surface area contributed by atoms with Crippen LogP contribution in [0.1, 0.15) is 35.5 Å². The lowest BCUT2D eigenvalue weighted by molar-refractivity contribution is -0.111. The highest BCUT2D eigenvalue weighted by atomic mass is 32.1. The minimum atomic E-state index is -0.217. The molecule has 0 aliphatic carbocycles. The van der Waals surface area contributed by atoms with E-state index in [0.717, 1.165) is 39.6 Å². The van der Waals surface area contributed by atoms with E-state index in [1.165, 1.54) is 17.4 Å². The molecule has 1 amide bonds. The quantitative estimate of drug-likeness (QED) is 0.816. The van der Waals surface area contributed by atoms with Crippen LogP contribution in [0.25, 0.3) is 6.08 Å². The minimum absolute atomic E-state index is 0.170. The average Bonchev–Trinajstić information content (AvgIpc) is 3.06. The number of ether oxygens (including phenoxy) is 2. The summed E-state index contributed by atoms with van der Waals surface area (Å²) in [6.07, 6.45) is 4.29. The van der Waals surface area contributed by atoms with Gasteiger partial charge in [-0.25, -0.2) is 4.98 Å². The molecule has 3 rings (SSSR count). The van der Waals surface area contributed by atoms with Crippen LogP contribution in [0.3, 0.4) is 0 Å². The Hall–Kier alpha value is -2.34. The molecule has 2 heterocycles. The summed E-state index contributed by atoms with van der Waals surface area (Å²) in [6.45, 7) is 8.47. The molecule has 25 heavy (non-hydrogen) atoms. The third kappa shape index (κ3) is 4.02. The van der Waals surface area contributed by atoms with E-state index in [4.69, 9.17) is 9.47 Å². The van der Waals surface area contributed by atoms with Crippen molar-refractivity contribution in [2.45, 2.75) is 40.2 Å². The summed E-state index contributed by atoms with van der Waals surface area (Å²) in [6, 6.07) is 3.94. The first-order valence-corrected chi connectivity index (χ1v) is 9.17. The maximum Gasteiger partial charge on any atom is 0.250 e. The summed E-state index contributed by atoms with van der Waals surface area (Å²) in [5, 5.41) is 3.41. The lowest BCUT2D eigenvalue weighted by Gasteiger charge is -2.10. The maximum atomic E-state index is 12.2. The zero-order chi connectivity index (χ0) is 18.0. The Kier molecular flexibility index (Phi) is 5.08. The predicted molar refractivity (Wildman–Crippen MR) is 101 cm³/mol. The van der Waals surface area contributed by atoms with Gasteiger partial charge in [0, 0.05) is 28.5 Å². The molecule has 1 aliphatic heterocycles. The van der Waals surface area contributed by atoms with Crippen molar-refractivity contribution < 1.29 is 14.3 Å². The van der Waals surface area contributed by atoms with Crippen molar-refractivity contribution >= 4 is 28.5 Å². The number of fused-ring (bicyclic) bond motifs is 1. The molecule has 5 nitrogen and oxygen atoms in total. The van der Waals surface area contributed by atoms with Crippen LogP contribution in [0, 0.1) is 13.8 Å². The van der Waals surface area contributed by atoms with E-state index >= 15 is 0 Å². The second kappa shape index (κ2) is 7.27. The van der Waals surface area contributed by atoms with E-state index in [1.807, 2.05) is 39.8 Å². The van der Waals surface area contributed by atoms with Crippen molar-refractivity contribution in [3.63, 3.8) is 0 Å². The van der Waals surface area contributed by atoms with Crippen LogP contribution in [-0.2, 0) is 11.2 Å². The Morgan fingerprint density at radius 3 is 2.96 bits per heavy atom. The first-order chi connectivity index (χ1) is 12.0. The molecule has 0 saturated carbocycles. The molecule has 0 saturated heterocycles. The number of aromatic nitrogens is 1. The van der Waals surface area contributed by atoms with Gasteiger partial charge in [-0.3, -0.25) is 10.1 Å². The van der Waals surface area contributed by atoms with Crippen LogP contribution in [-0.4, -0.2) is 23.6 Å². The fourth-order valence-corrected chi connectivity index (χ4v) is 3.52. The molecule has 0 fully saturated rings. The SMILES string of the molecule is CCOc1cc2c(cc1/C=C/C(=O)Nc1nc(C)c(C)s1)OC(C)C2. The van der Waals surface area contributed by atoms with E-state index in [9.17, 15) is 4.79 Å². The lowest BCUT2D eigenvalue weighted by atomic mass is 10.1. The van der Waals surface area contributed by atoms with Crippen molar-refractivity contribution in [2.24, 2.45) is 0 Å². The Morgan fingerprint density at radius 1 is 1.48 bits per heavy atom. The molecule has 1 aliphatic rings. The van der Waals surface area contributed by atoms with E-state index < -0.39 is 0 Å². The second-order valence-corrected chi connectivity index (χ2v) is 7.25. The van der Waals surface area contributed by atoms with Gasteiger partial charge < -0.3 is 9.47 Å². The standard InChI is InChI=1S/C19H22N2O3S/c1-5-23-16-10-15-8-11(2)24-17(15)9-14(16)6-7-18(22)21-19-20-12(3)13(4)25-19/h6-7,9-11H,5,8H2,1-4H3,(H,20,21,22)/b7-6+. The number of nitrogens with zero attached hydrogens (tertiary/aromatic N) is 1. The highest BCUT2D eigenvalue weighted by molar-refractivity contribution is 7.15. The van der Waals surface area contributed by atoms with Crippen LogP contribution in [0.2, 0.25) is 0 Å². The maximum absolute atomic E-state index is 12.2. The average molecular weight is 358 g/mol. The normalized spacial score (nSPS) is 15.9. The van der Waals surface area contributed by atoms with Crippen LogP contribution < -0.4 is 14.8 Å². The smallest absolute Gasteiger partial charge is 0.250 e. The molecule has 6 heteroatoms. The first kappa shape index (κ1) is 17.5. The van der Waals surface area contributed by atoms with E-state index in [1.54, 1.807) is 6.08 Å². The summed E-state index contributed by atoms with van der Waals surface area (Å²) < 4.78 is 11.5. The number of nitrogens with one attached hydrogen (secondary N) is 1. The van der Waals surface area contributed by atoms with Gasteiger partial charge in [0.25, 0.3) is 0 Å². The number of hydrogen-bond donors (Lipinski definition) is 1. The van der Waals surface area contributed by atoms with Crippen molar-refractivity contribution in [1.82, 2.24) is 4.98 Å². The van der Waals surface area contributed by atoms with Gasteiger partial charge in [0.2, 0.25) is 5.91 Å². The molecular weight excluding hydrogens is 336 g/mol. The molecule has 0 radical (unpaired) electrons. The third-order valence-electron chi connectivity index (χ3n) is 4.00. The number of hydrogen-bond acceptors (Lipinski definition) is 5. The fourth-order valence-electron chi connectivity index (χ4n) is 2.70. The third-order valence-corrected chi connectivity index (χ3v) is 4.99. The van der Waals surface area contributed by atoms with Gasteiger partial charge in [-0.05, 0) is 45.9 Å². The van der Waals surface area contributed by atoms with Crippen molar-refractivity contribution in [2.75, 3.05) is 11.9 Å². The summed E-state index contributed by atoms with van der Waals surface area (Å²) in [7, 11) is 0. The molecule has 132 valence electrons. The number of rotatable bonds is 5. The van der Waals surface area contributed by atoms with Gasteiger partial charge in [-0.15, -0.1) is 11.3 Å². The fraction of sp³-hybridized carbons (Fsp3) is 0.368. The van der Waals surface area contributed by atoms with Crippen molar-refractivity contribution in [1.29, 1.82) is 0 Å². The van der Waals surface area contributed by atoms with Crippen LogP contribution >= 0.6 is 11.3 Å². The van der Waals surface area contributed by atoms with Crippen molar-refractivity contribution in [3.8, 4) is 11.5 Å². The number of benzene rings is 1. The Morgan fingerprint density at radius 2 is 2.28 bits per heavy atom. The zero-order valence-corrected chi connectivity index (χ0v) is 15.7. The minimum Gasteiger partial charge on any atom is -0.493 e. The van der Waals surface area contributed by atoms with E-state index in [2.05, 4.69) is 10.3 Å². The summed E-state index contributed by atoms with van der Waals surface area (Å²) in [5.74, 6) is 1.41. The number of anilines is 1. The van der Waals surface area contributed by atoms with Crippen LogP contribution in [0.4, 0.5) is 5.13 Å². The highest BCUT2D eigenvalue weighted by Gasteiger charge is 2.21. The number of aryl methyl sites for hydroxylation is 2. The summed E-state index contributed by atoms with van der Waals surface area (Å²) >= 11 is 1.47. The van der Waals surface area contributed by atoms with E-state index in [-0.39, 0.29) is 12.0 Å². The molecule has 0 spiro atoms. The summed E-state index contributed by atoms with van der Waals surface area (Å²) in [5.41, 5.74) is 2.91. The molecule has 1 N–H and O–H groups in total. The number of carbonyl (C=O) groups is 1. The zero-order valence-electron chi connectivity index (χ0n) is 14.9. The largest absolute Gasteiger partial charge is 0.493 e. The van der Waals surface area contributed by atoms with Crippen molar-refractivity contribution in [3.05, 3.63) is 39.9 Å². The van der Waals surface area contributed by atoms with Crippen LogP contribution in [0.5, 0.6) is 11.5 Å². The number of thiazole rings is 1. The van der Waals surface area contributed by atoms with Gasteiger partial charge in [-0.2, -0.15) is 0 Å². The van der Waals surface area contributed by atoms with Gasteiger partial charge >= 0.3 is 0 Å². The topological polar surface area (TPSA) is 60.5 Å². The number of amides is 1. The Balaban J connectivity index is 1.77. The molecule has 1 aromatic heterocycles. The molecular formula is C19H22N2O3S. The Bertz CT molecular complexity index is 807. The Labute approximate surface area is 151 Å². The molecule has 1 unspecified atom stereocenters. The van der Waals surface area contributed by atoms with E-state index in [0.29, 0.717) is 11.7 Å². The molecule has 1 aromatic carbocycles. The second-order valence-electron chi connectivity index (χ2n) is 6.05. The van der Waals surface area contributed by atoms with Gasteiger partial charge in [0.1, 0.15) is 17.6 Å². The molecule has 1 atom stereocenters. The number of carbonyl (C=O) groups excluding carboxylic acids is 1.